The Morgan fingerprint density at radius 1 is 1.32 bits per heavy atom. The highest BCUT2D eigenvalue weighted by molar-refractivity contribution is 5.55. The van der Waals surface area contributed by atoms with Crippen molar-refractivity contribution in [3.63, 3.8) is 0 Å². The molecule has 0 spiro atoms. The normalized spacial score (nSPS) is 24.2. The van der Waals surface area contributed by atoms with Crippen LogP contribution < -0.4 is 10.1 Å². The van der Waals surface area contributed by atoms with Gasteiger partial charge in [0.05, 0.1) is 0 Å². The van der Waals surface area contributed by atoms with Gasteiger partial charge in [-0.3, -0.25) is 0 Å². The molecule has 1 aliphatic heterocycles. The van der Waals surface area contributed by atoms with Crippen LogP contribution in [0.2, 0.25) is 0 Å². The van der Waals surface area contributed by atoms with Crippen molar-refractivity contribution in [2.75, 3.05) is 13.1 Å². The Balaban J connectivity index is 1.79. The highest BCUT2D eigenvalue weighted by atomic mass is 16.5. The van der Waals surface area contributed by atoms with E-state index in [1.165, 1.54) is 30.4 Å². The first-order chi connectivity index (χ1) is 9.29. The molecule has 19 heavy (non-hydrogen) atoms. The Morgan fingerprint density at radius 3 is 2.79 bits per heavy atom. The molecule has 102 valence electrons. The van der Waals surface area contributed by atoms with Crippen LogP contribution in [0.3, 0.4) is 0 Å². The highest BCUT2D eigenvalue weighted by Crippen LogP contribution is 2.40. The summed E-state index contributed by atoms with van der Waals surface area (Å²) in [6.07, 6.45) is 6.23. The SMILES string of the molecule is C=Cc1cccc(OC(C2CC2)[C@H]2CCNC2)c1C. The molecule has 1 saturated heterocycles. The van der Waals surface area contributed by atoms with Crippen LogP contribution in [0.1, 0.15) is 30.4 Å². The zero-order chi connectivity index (χ0) is 13.2. The molecule has 0 radical (unpaired) electrons. The number of hydrogen-bond acceptors (Lipinski definition) is 2. The molecule has 1 aromatic carbocycles. The Hall–Kier alpha value is -1.28. The molecule has 2 atom stereocenters. The first-order valence-electron chi connectivity index (χ1n) is 7.39. The van der Waals surface area contributed by atoms with Crippen molar-refractivity contribution in [3.05, 3.63) is 35.9 Å². The van der Waals surface area contributed by atoms with Gasteiger partial charge in [-0.05, 0) is 55.8 Å². The Kier molecular flexibility index (Phi) is 3.61. The fourth-order valence-electron chi connectivity index (χ4n) is 3.09. The van der Waals surface area contributed by atoms with Crippen molar-refractivity contribution < 1.29 is 4.74 Å². The van der Waals surface area contributed by atoms with Crippen LogP contribution in [0.5, 0.6) is 5.75 Å². The van der Waals surface area contributed by atoms with Crippen LogP contribution in [-0.4, -0.2) is 19.2 Å². The maximum absolute atomic E-state index is 6.41. The molecule has 2 aliphatic rings. The molecular weight excluding hydrogens is 234 g/mol. The summed E-state index contributed by atoms with van der Waals surface area (Å²) in [6.45, 7) is 8.25. The number of benzene rings is 1. The summed E-state index contributed by atoms with van der Waals surface area (Å²) in [4.78, 5) is 0. The van der Waals surface area contributed by atoms with Gasteiger partial charge in [0.15, 0.2) is 0 Å². The molecular formula is C17H23NO. The number of rotatable bonds is 5. The third-order valence-corrected chi connectivity index (χ3v) is 4.46. The lowest BCUT2D eigenvalue weighted by Crippen LogP contribution is -2.31. The van der Waals surface area contributed by atoms with E-state index in [4.69, 9.17) is 4.74 Å². The van der Waals surface area contributed by atoms with Crippen LogP contribution >= 0.6 is 0 Å². The summed E-state index contributed by atoms with van der Waals surface area (Å²) < 4.78 is 6.41. The van der Waals surface area contributed by atoms with E-state index < -0.39 is 0 Å². The maximum atomic E-state index is 6.41. The van der Waals surface area contributed by atoms with E-state index >= 15 is 0 Å². The quantitative estimate of drug-likeness (QED) is 0.873. The molecule has 1 unspecified atom stereocenters. The van der Waals surface area contributed by atoms with Gasteiger partial charge in [-0.1, -0.05) is 24.8 Å². The summed E-state index contributed by atoms with van der Waals surface area (Å²) in [5.74, 6) is 2.50. The summed E-state index contributed by atoms with van der Waals surface area (Å²) in [6, 6.07) is 6.26. The van der Waals surface area contributed by atoms with Crippen molar-refractivity contribution >= 4 is 6.08 Å². The second-order valence-electron chi connectivity index (χ2n) is 5.85. The molecule has 1 N–H and O–H groups in total. The lowest BCUT2D eigenvalue weighted by Gasteiger charge is -2.25. The topological polar surface area (TPSA) is 21.3 Å². The van der Waals surface area contributed by atoms with Crippen LogP contribution in [0.4, 0.5) is 0 Å². The Bertz CT molecular complexity index is 458. The van der Waals surface area contributed by atoms with Gasteiger partial charge in [0.1, 0.15) is 11.9 Å². The standard InChI is InChI=1S/C17H23NO/c1-3-13-5-4-6-16(12(13)2)19-17(14-7-8-14)15-9-10-18-11-15/h3-6,14-15,17-18H,1,7-11H2,2H3/t15-,17?/m0/s1. The van der Waals surface area contributed by atoms with Crippen LogP contribution in [0, 0.1) is 18.8 Å². The smallest absolute Gasteiger partial charge is 0.123 e. The van der Waals surface area contributed by atoms with E-state index in [0.717, 1.165) is 24.8 Å². The largest absolute Gasteiger partial charge is 0.490 e. The summed E-state index contributed by atoms with van der Waals surface area (Å²) in [5, 5.41) is 3.46. The average Bonchev–Trinajstić information content (AvgIpc) is 3.12. The van der Waals surface area contributed by atoms with E-state index in [1.807, 2.05) is 6.08 Å². The third kappa shape index (κ3) is 2.69. The minimum Gasteiger partial charge on any atom is -0.490 e. The minimum atomic E-state index is 0.397. The van der Waals surface area contributed by atoms with E-state index in [-0.39, 0.29) is 0 Å². The molecule has 0 aromatic heterocycles. The molecule has 0 bridgehead atoms. The molecule has 1 aromatic rings. The van der Waals surface area contributed by atoms with Crippen LogP contribution in [0.25, 0.3) is 6.08 Å². The highest BCUT2D eigenvalue weighted by Gasteiger charge is 2.39. The van der Waals surface area contributed by atoms with Gasteiger partial charge < -0.3 is 10.1 Å². The molecule has 2 heteroatoms. The van der Waals surface area contributed by atoms with Crippen molar-refractivity contribution in [1.29, 1.82) is 0 Å². The van der Waals surface area contributed by atoms with Gasteiger partial charge in [0.25, 0.3) is 0 Å². The molecule has 3 rings (SSSR count). The summed E-state index contributed by atoms with van der Waals surface area (Å²) in [7, 11) is 0. The van der Waals surface area contributed by atoms with Gasteiger partial charge in [-0.25, -0.2) is 0 Å². The van der Waals surface area contributed by atoms with Crippen molar-refractivity contribution in [2.24, 2.45) is 11.8 Å². The van der Waals surface area contributed by atoms with Gasteiger partial charge in [0, 0.05) is 12.5 Å². The molecule has 1 aliphatic carbocycles. The summed E-state index contributed by atoms with van der Waals surface area (Å²) in [5.41, 5.74) is 2.39. The van der Waals surface area contributed by atoms with Crippen LogP contribution in [-0.2, 0) is 0 Å². The third-order valence-electron chi connectivity index (χ3n) is 4.46. The fraction of sp³-hybridized carbons (Fsp3) is 0.529. The van der Waals surface area contributed by atoms with Crippen molar-refractivity contribution in [3.8, 4) is 5.75 Å². The van der Waals surface area contributed by atoms with Gasteiger partial charge in [-0.2, -0.15) is 0 Å². The predicted molar refractivity (Wildman–Crippen MR) is 79.4 cm³/mol. The fourth-order valence-corrected chi connectivity index (χ4v) is 3.09. The molecule has 2 fully saturated rings. The molecule has 0 amide bonds. The maximum Gasteiger partial charge on any atom is 0.123 e. The molecule has 1 saturated carbocycles. The van der Waals surface area contributed by atoms with Gasteiger partial charge in [0.2, 0.25) is 0 Å². The van der Waals surface area contributed by atoms with Crippen molar-refractivity contribution in [1.82, 2.24) is 5.32 Å². The molecule has 2 nitrogen and oxygen atoms in total. The Morgan fingerprint density at radius 2 is 2.16 bits per heavy atom. The van der Waals surface area contributed by atoms with Crippen molar-refractivity contribution in [2.45, 2.75) is 32.3 Å². The zero-order valence-corrected chi connectivity index (χ0v) is 11.7. The van der Waals surface area contributed by atoms with Gasteiger partial charge >= 0.3 is 0 Å². The number of nitrogens with one attached hydrogen (secondary N) is 1. The lowest BCUT2D eigenvalue weighted by molar-refractivity contribution is 0.120. The predicted octanol–water partition coefficient (Wildman–Crippen LogP) is 3.40. The van der Waals surface area contributed by atoms with E-state index in [2.05, 4.69) is 37.0 Å². The number of ether oxygens (including phenoxy) is 1. The monoisotopic (exact) mass is 257 g/mol. The lowest BCUT2D eigenvalue weighted by atomic mass is 9.97. The van der Waals surface area contributed by atoms with Gasteiger partial charge in [-0.15, -0.1) is 0 Å². The van der Waals surface area contributed by atoms with E-state index in [1.54, 1.807) is 0 Å². The van der Waals surface area contributed by atoms with E-state index in [9.17, 15) is 0 Å². The zero-order valence-electron chi connectivity index (χ0n) is 11.7. The second kappa shape index (κ2) is 5.38. The Labute approximate surface area is 115 Å². The minimum absolute atomic E-state index is 0.397. The average molecular weight is 257 g/mol. The first-order valence-corrected chi connectivity index (χ1v) is 7.39. The summed E-state index contributed by atoms with van der Waals surface area (Å²) >= 11 is 0. The second-order valence-corrected chi connectivity index (χ2v) is 5.85. The van der Waals surface area contributed by atoms with Crippen LogP contribution in [0.15, 0.2) is 24.8 Å². The molecule has 1 heterocycles. The van der Waals surface area contributed by atoms with E-state index in [0.29, 0.717) is 12.0 Å². The number of hydrogen-bond donors (Lipinski definition) is 1. The first kappa shape index (κ1) is 12.7.